The topological polar surface area (TPSA) is 62.6 Å². The van der Waals surface area contributed by atoms with Crippen LogP contribution in [0.4, 0.5) is 19.5 Å². The van der Waals surface area contributed by atoms with Gasteiger partial charge in [0.25, 0.3) is 11.8 Å². The minimum absolute atomic E-state index is 0.156. The fourth-order valence-electron chi connectivity index (χ4n) is 2.33. The number of benzene rings is 1. The highest BCUT2D eigenvalue weighted by molar-refractivity contribution is 7.18. The van der Waals surface area contributed by atoms with Gasteiger partial charge in [0.1, 0.15) is 0 Å². The summed E-state index contributed by atoms with van der Waals surface area (Å²) in [5, 5.41) is 3.11. The predicted octanol–water partition coefficient (Wildman–Crippen LogP) is 4.54. The zero-order valence-corrected chi connectivity index (χ0v) is 14.5. The molecule has 3 rings (SSSR count). The largest absolute Gasteiger partial charge is 0.459 e. The van der Waals surface area contributed by atoms with Crippen LogP contribution in [0, 0.1) is 11.6 Å². The van der Waals surface area contributed by atoms with Gasteiger partial charge >= 0.3 is 0 Å². The van der Waals surface area contributed by atoms with Gasteiger partial charge in [0.2, 0.25) is 0 Å². The molecule has 0 aliphatic carbocycles. The number of furan rings is 1. The van der Waals surface area contributed by atoms with Crippen molar-refractivity contribution in [1.82, 2.24) is 0 Å². The summed E-state index contributed by atoms with van der Waals surface area (Å²) in [6, 6.07) is 9.57. The van der Waals surface area contributed by atoms with E-state index in [2.05, 4.69) is 5.32 Å². The van der Waals surface area contributed by atoms with Crippen molar-refractivity contribution >= 4 is 33.8 Å². The fraction of sp³-hybridized carbons (Fsp3) is 0.111. The van der Waals surface area contributed by atoms with Crippen molar-refractivity contribution in [1.29, 1.82) is 0 Å². The second-order valence-corrected chi connectivity index (χ2v) is 6.33. The molecule has 0 unspecified atom stereocenters. The summed E-state index contributed by atoms with van der Waals surface area (Å²) in [5.41, 5.74) is 0.256. The second-order valence-electron chi connectivity index (χ2n) is 5.24. The highest BCUT2D eigenvalue weighted by Gasteiger charge is 2.20. The molecule has 0 saturated carbocycles. The Labute approximate surface area is 151 Å². The smallest absolute Gasteiger partial charge is 0.291 e. The molecule has 134 valence electrons. The van der Waals surface area contributed by atoms with Gasteiger partial charge in [0.15, 0.2) is 17.4 Å². The van der Waals surface area contributed by atoms with E-state index < -0.39 is 17.5 Å². The third-order valence-electron chi connectivity index (χ3n) is 3.57. The van der Waals surface area contributed by atoms with Crippen molar-refractivity contribution in [2.75, 3.05) is 16.8 Å². The van der Waals surface area contributed by atoms with Gasteiger partial charge in [-0.15, -0.1) is 11.3 Å². The van der Waals surface area contributed by atoms with Gasteiger partial charge in [-0.2, -0.15) is 0 Å². The highest BCUT2D eigenvalue weighted by atomic mass is 32.1. The van der Waals surface area contributed by atoms with Crippen molar-refractivity contribution < 1.29 is 22.8 Å². The molecule has 0 saturated heterocycles. The molecule has 0 bridgehead atoms. The first-order valence-corrected chi connectivity index (χ1v) is 8.53. The monoisotopic (exact) mass is 376 g/mol. The van der Waals surface area contributed by atoms with Crippen LogP contribution in [0.3, 0.4) is 0 Å². The first-order chi connectivity index (χ1) is 12.5. The van der Waals surface area contributed by atoms with Crippen molar-refractivity contribution in [3.8, 4) is 0 Å². The summed E-state index contributed by atoms with van der Waals surface area (Å²) >= 11 is 1.08. The lowest BCUT2D eigenvalue weighted by molar-refractivity contribution is 0.0986. The molecule has 0 radical (unpaired) electrons. The zero-order chi connectivity index (χ0) is 18.7. The Morgan fingerprint density at radius 3 is 2.62 bits per heavy atom. The SMILES string of the molecule is CCN(C(=O)c1ccc(NC(=O)c2ccco2)s1)c1ccc(F)c(F)c1. The summed E-state index contributed by atoms with van der Waals surface area (Å²) in [5.74, 6) is -2.64. The van der Waals surface area contributed by atoms with Crippen LogP contribution in [0.1, 0.15) is 27.2 Å². The number of anilines is 2. The Bertz CT molecular complexity index is 938. The number of nitrogens with one attached hydrogen (secondary N) is 1. The van der Waals surface area contributed by atoms with Gasteiger partial charge in [-0.1, -0.05) is 0 Å². The first-order valence-electron chi connectivity index (χ1n) is 7.71. The maximum Gasteiger partial charge on any atom is 0.291 e. The molecule has 1 aromatic carbocycles. The Morgan fingerprint density at radius 2 is 1.96 bits per heavy atom. The number of carbonyl (C=O) groups excluding carboxylic acids is 2. The molecule has 0 spiro atoms. The lowest BCUT2D eigenvalue weighted by atomic mass is 10.2. The molecule has 0 fully saturated rings. The number of rotatable bonds is 5. The lowest BCUT2D eigenvalue weighted by Gasteiger charge is -2.20. The number of nitrogens with zero attached hydrogens (tertiary/aromatic N) is 1. The molecule has 8 heteroatoms. The van der Waals surface area contributed by atoms with Crippen LogP contribution < -0.4 is 10.2 Å². The predicted molar refractivity (Wildman–Crippen MR) is 94.7 cm³/mol. The summed E-state index contributed by atoms with van der Waals surface area (Å²) in [6.07, 6.45) is 1.39. The first kappa shape index (κ1) is 17.8. The van der Waals surface area contributed by atoms with E-state index in [-0.39, 0.29) is 23.9 Å². The Balaban J connectivity index is 1.77. The average molecular weight is 376 g/mol. The van der Waals surface area contributed by atoms with Crippen molar-refractivity contribution in [2.24, 2.45) is 0 Å². The summed E-state index contributed by atoms with van der Waals surface area (Å²) in [7, 11) is 0. The molecule has 5 nitrogen and oxygen atoms in total. The van der Waals surface area contributed by atoms with Crippen LogP contribution in [0.15, 0.2) is 53.1 Å². The van der Waals surface area contributed by atoms with E-state index in [1.54, 1.807) is 25.1 Å². The van der Waals surface area contributed by atoms with Gasteiger partial charge in [-0.3, -0.25) is 9.59 Å². The number of thiophene rings is 1. The summed E-state index contributed by atoms with van der Waals surface area (Å²) < 4.78 is 31.6. The maximum absolute atomic E-state index is 13.5. The Morgan fingerprint density at radius 1 is 1.15 bits per heavy atom. The Hall–Kier alpha value is -3.00. The van der Waals surface area contributed by atoms with Crippen molar-refractivity contribution in [3.05, 3.63) is 71.0 Å². The van der Waals surface area contributed by atoms with Gasteiger partial charge in [0.05, 0.1) is 16.1 Å². The van der Waals surface area contributed by atoms with Gasteiger partial charge in [-0.25, -0.2) is 8.78 Å². The fourth-order valence-corrected chi connectivity index (χ4v) is 3.18. The summed E-state index contributed by atoms with van der Waals surface area (Å²) in [6.45, 7) is 2.00. The van der Waals surface area contributed by atoms with E-state index in [0.717, 1.165) is 23.5 Å². The molecule has 2 amide bonds. The molecule has 26 heavy (non-hydrogen) atoms. The molecule has 2 heterocycles. The molecule has 0 aliphatic heterocycles. The second kappa shape index (κ2) is 7.49. The zero-order valence-electron chi connectivity index (χ0n) is 13.7. The lowest BCUT2D eigenvalue weighted by Crippen LogP contribution is -2.30. The molecular formula is C18H14F2N2O3S. The number of hydrogen-bond donors (Lipinski definition) is 1. The maximum atomic E-state index is 13.5. The number of hydrogen-bond acceptors (Lipinski definition) is 4. The molecule has 2 aromatic heterocycles. The molecule has 0 atom stereocenters. The van der Waals surface area contributed by atoms with Gasteiger partial charge < -0.3 is 14.6 Å². The molecule has 0 aliphatic rings. The van der Waals surface area contributed by atoms with E-state index in [1.165, 1.54) is 23.3 Å². The van der Waals surface area contributed by atoms with Crippen LogP contribution in [-0.4, -0.2) is 18.4 Å². The van der Waals surface area contributed by atoms with E-state index in [9.17, 15) is 18.4 Å². The molecular weight excluding hydrogens is 362 g/mol. The molecule has 3 aromatic rings. The van der Waals surface area contributed by atoms with Crippen LogP contribution in [0.5, 0.6) is 0 Å². The van der Waals surface area contributed by atoms with E-state index >= 15 is 0 Å². The van der Waals surface area contributed by atoms with Crippen LogP contribution in [-0.2, 0) is 0 Å². The van der Waals surface area contributed by atoms with Crippen LogP contribution in [0.2, 0.25) is 0 Å². The minimum Gasteiger partial charge on any atom is -0.459 e. The van der Waals surface area contributed by atoms with E-state index in [4.69, 9.17) is 4.42 Å². The summed E-state index contributed by atoms with van der Waals surface area (Å²) in [4.78, 5) is 26.3. The third kappa shape index (κ3) is 3.65. The van der Waals surface area contributed by atoms with Gasteiger partial charge in [-0.05, 0) is 43.3 Å². The number of amides is 2. The van der Waals surface area contributed by atoms with E-state index in [0.29, 0.717) is 9.88 Å². The van der Waals surface area contributed by atoms with Crippen LogP contribution >= 0.6 is 11.3 Å². The minimum atomic E-state index is -1.02. The van der Waals surface area contributed by atoms with Crippen LogP contribution in [0.25, 0.3) is 0 Å². The normalized spacial score (nSPS) is 10.6. The van der Waals surface area contributed by atoms with E-state index in [1.807, 2.05) is 0 Å². The molecule has 1 N–H and O–H groups in total. The quantitative estimate of drug-likeness (QED) is 0.711. The van der Waals surface area contributed by atoms with Crippen molar-refractivity contribution in [3.63, 3.8) is 0 Å². The number of halogens is 2. The van der Waals surface area contributed by atoms with Gasteiger partial charge in [0, 0.05) is 18.3 Å². The number of carbonyl (C=O) groups is 2. The Kier molecular flexibility index (Phi) is 5.13. The highest BCUT2D eigenvalue weighted by Crippen LogP contribution is 2.26. The third-order valence-corrected chi connectivity index (χ3v) is 4.56. The average Bonchev–Trinajstić information content (AvgIpc) is 3.30. The standard InChI is InChI=1S/C18H14F2N2O3S/c1-2-22(11-5-6-12(19)13(20)10-11)18(24)15-7-8-16(26-15)21-17(23)14-4-3-9-25-14/h3-10H,2H2,1H3,(H,21,23). The van der Waals surface area contributed by atoms with Crippen molar-refractivity contribution in [2.45, 2.75) is 6.92 Å².